The number of cyclic esters (lactones) is 1. The van der Waals surface area contributed by atoms with Gasteiger partial charge in [0.15, 0.2) is 0 Å². The van der Waals surface area contributed by atoms with Crippen molar-refractivity contribution in [2.45, 2.75) is 12.8 Å². The highest BCUT2D eigenvalue weighted by Gasteiger charge is 2.30. The van der Waals surface area contributed by atoms with Crippen LogP contribution in [0.1, 0.15) is 12.0 Å². The summed E-state index contributed by atoms with van der Waals surface area (Å²) in [7, 11) is 0. The Bertz CT molecular complexity index is 384. The van der Waals surface area contributed by atoms with E-state index >= 15 is 0 Å². The van der Waals surface area contributed by atoms with Gasteiger partial charge in [-0.15, -0.1) is 0 Å². The molecular weight excluding hydrogens is 303 g/mol. The van der Waals surface area contributed by atoms with Crippen molar-refractivity contribution in [2.75, 3.05) is 0 Å². The zero-order valence-corrected chi connectivity index (χ0v) is 10.3. The second kappa shape index (κ2) is 4.79. The molecule has 3 heteroatoms. The molecule has 1 aromatic rings. The summed E-state index contributed by atoms with van der Waals surface area (Å²) in [5.41, 5.74) is 1.19. The summed E-state index contributed by atoms with van der Waals surface area (Å²) in [6, 6.07) is 10.0. The Morgan fingerprint density at radius 1 is 1.40 bits per heavy atom. The van der Waals surface area contributed by atoms with Crippen LogP contribution in [0.25, 0.3) is 0 Å². The molecule has 0 N–H and O–H groups in total. The van der Waals surface area contributed by atoms with Gasteiger partial charge in [-0.05, 0) is 34.6 Å². The molecule has 1 fully saturated rings. The number of hydrogen-bond donors (Lipinski definition) is 0. The van der Waals surface area contributed by atoms with Crippen LogP contribution in [0.3, 0.4) is 0 Å². The van der Waals surface area contributed by atoms with Gasteiger partial charge < -0.3 is 4.74 Å². The molecule has 0 saturated carbocycles. The molecule has 1 heterocycles. The fraction of sp³-hybridized carbons (Fsp3) is 0.250. The zero-order valence-electron chi connectivity index (χ0n) is 8.15. The number of benzene rings is 1. The van der Waals surface area contributed by atoms with Crippen LogP contribution in [0.2, 0.25) is 0 Å². The molecule has 0 aromatic heterocycles. The van der Waals surface area contributed by atoms with Crippen LogP contribution < -0.4 is 0 Å². The maximum absolute atomic E-state index is 11.5. The van der Waals surface area contributed by atoms with Gasteiger partial charge in [0.25, 0.3) is 0 Å². The van der Waals surface area contributed by atoms with Crippen molar-refractivity contribution < 1.29 is 9.53 Å². The molecular formula is C12H11IO2. The summed E-state index contributed by atoms with van der Waals surface area (Å²) < 4.78 is 6.94. The number of hydrogen-bond acceptors (Lipinski definition) is 2. The summed E-state index contributed by atoms with van der Waals surface area (Å²) >= 11 is 2.10. The average molecular weight is 314 g/mol. The summed E-state index contributed by atoms with van der Waals surface area (Å²) in [5.74, 6) is 0.691. The third-order valence-corrected chi connectivity index (χ3v) is 3.15. The maximum Gasteiger partial charge on any atom is 0.314 e. The number of ether oxygens (including phenoxy) is 1. The Morgan fingerprint density at radius 3 is 2.73 bits per heavy atom. The van der Waals surface area contributed by atoms with Gasteiger partial charge >= 0.3 is 5.97 Å². The van der Waals surface area contributed by atoms with Crippen LogP contribution in [-0.4, -0.2) is 5.97 Å². The van der Waals surface area contributed by atoms with Gasteiger partial charge in [0, 0.05) is 10.5 Å². The van der Waals surface area contributed by atoms with Crippen molar-refractivity contribution in [3.63, 3.8) is 0 Å². The van der Waals surface area contributed by atoms with Crippen molar-refractivity contribution in [2.24, 2.45) is 5.92 Å². The molecule has 78 valence electrons. The van der Waals surface area contributed by atoms with Crippen LogP contribution in [0.15, 0.2) is 40.2 Å². The van der Waals surface area contributed by atoms with Gasteiger partial charge in [-0.25, -0.2) is 0 Å². The summed E-state index contributed by atoms with van der Waals surface area (Å²) in [5, 5.41) is 0. The fourth-order valence-corrected chi connectivity index (χ4v) is 2.08. The molecule has 0 bridgehead atoms. The highest BCUT2D eigenvalue weighted by molar-refractivity contribution is 14.1. The number of carbonyl (C=O) groups excluding carboxylic acids is 1. The lowest BCUT2D eigenvalue weighted by Gasteiger charge is -2.03. The first kappa shape index (κ1) is 10.7. The van der Waals surface area contributed by atoms with Gasteiger partial charge in [-0.3, -0.25) is 4.79 Å². The number of carbonyl (C=O) groups is 1. The van der Waals surface area contributed by atoms with Gasteiger partial charge in [-0.1, -0.05) is 30.3 Å². The van der Waals surface area contributed by atoms with E-state index in [0.717, 1.165) is 18.6 Å². The highest BCUT2D eigenvalue weighted by atomic mass is 127. The van der Waals surface area contributed by atoms with E-state index in [1.165, 1.54) is 5.56 Å². The van der Waals surface area contributed by atoms with E-state index in [0.29, 0.717) is 0 Å². The van der Waals surface area contributed by atoms with Gasteiger partial charge in [-0.2, -0.15) is 0 Å². The first-order chi connectivity index (χ1) is 7.29. The fourth-order valence-electron chi connectivity index (χ4n) is 1.70. The molecule has 0 spiro atoms. The summed E-state index contributed by atoms with van der Waals surface area (Å²) in [4.78, 5) is 11.5. The lowest BCUT2D eigenvalue weighted by molar-refractivity contribution is -0.138. The lowest BCUT2D eigenvalue weighted by Crippen LogP contribution is -2.10. The quantitative estimate of drug-likeness (QED) is 0.619. The number of rotatable bonds is 2. The van der Waals surface area contributed by atoms with Crippen molar-refractivity contribution >= 4 is 28.6 Å². The SMILES string of the molecule is O=C1O/C(=C/I)C[C@H]1Cc1ccccc1. The predicted molar refractivity (Wildman–Crippen MR) is 66.4 cm³/mol. The van der Waals surface area contributed by atoms with E-state index in [2.05, 4.69) is 22.6 Å². The third kappa shape index (κ3) is 2.59. The first-order valence-corrected chi connectivity index (χ1v) is 6.09. The smallest absolute Gasteiger partial charge is 0.314 e. The molecule has 2 nitrogen and oxygen atoms in total. The van der Waals surface area contributed by atoms with Crippen molar-refractivity contribution in [1.29, 1.82) is 0 Å². The van der Waals surface area contributed by atoms with E-state index in [4.69, 9.17) is 4.74 Å². The van der Waals surface area contributed by atoms with Gasteiger partial charge in [0.2, 0.25) is 0 Å². The minimum absolute atomic E-state index is 0.00610. The molecule has 0 amide bonds. The van der Waals surface area contributed by atoms with Crippen molar-refractivity contribution in [3.05, 3.63) is 45.7 Å². The average Bonchev–Trinajstić information content (AvgIpc) is 2.61. The van der Waals surface area contributed by atoms with E-state index < -0.39 is 0 Å². The molecule has 1 saturated heterocycles. The Hall–Kier alpha value is -0.840. The molecule has 0 unspecified atom stereocenters. The molecule has 1 aromatic carbocycles. The molecule has 1 atom stereocenters. The maximum atomic E-state index is 11.5. The second-order valence-electron chi connectivity index (χ2n) is 3.59. The number of allylic oxidation sites excluding steroid dienone is 1. The zero-order chi connectivity index (χ0) is 10.7. The minimum Gasteiger partial charge on any atom is -0.430 e. The Morgan fingerprint density at radius 2 is 2.13 bits per heavy atom. The standard InChI is InChI=1S/C12H11IO2/c13-8-11-7-10(12(14)15-11)6-9-4-2-1-3-5-9/h1-5,8,10H,6-7H2/b11-8+/t10-/m1/s1. The van der Waals surface area contributed by atoms with Gasteiger partial charge in [0.05, 0.1) is 5.92 Å². The number of esters is 1. The first-order valence-electron chi connectivity index (χ1n) is 4.84. The topological polar surface area (TPSA) is 26.3 Å². The minimum atomic E-state index is -0.0956. The lowest BCUT2D eigenvalue weighted by atomic mass is 9.98. The normalized spacial score (nSPS) is 23.1. The van der Waals surface area contributed by atoms with Crippen LogP contribution >= 0.6 is 22.6 Å². The van der Waals surface area contributed by atoms with Gasteiger partial charge in [0.1, 0.15) is 5.76 Å². The van der Waals surface area contributed by atoms with Crippen molar-refractivity contribution in [1.82, 2.24) is 0 Å². The Kier molecular flexibility index (Phi) is 3.41. The predicted octanol–water partition coefficient (Wildman–Crippen LogP) is 3.07. The largest absolute Gasteiger partial charge is 0.430 e. The van der Waals surface area contributed by atoms with E-state index in [1.807, 2.05) is 34.4 Å². The van der Waals surface area contributed by atoms with Crippen LogP contribution in [0.4, 0.5) is 0 Å². The monoisotopic (exact) mass is 314 g/mol. The Balaban J connectivity index is 2.05. The molecule has 2 rings (SSSR count). The molecule has 0 aliphatic carbocycles. The van der Waals surface area contributed by atoms with Crippen LogP contribution in [0.5, 0.6) is 0 Å². The number of halogens is 1. The van der Waals surface area contributed by atoms with Crippen LogP contribution in [-0.2, 0) is 16.0 Å². The molecule has 1 aliphatic heterocycles. The third-order valence-electron chi connectivity index (χ3n) is 2.46. The molecule has 1 aliphatic rings. The second-order valence-corrected chi connectivity index (χ2v) is 4.21. The van der Waals surface area contributed by atoms with E-state index in [-0.39, 0.29) is 11.9 Å². The molecule has 0 radical (unpaired) electrons. The van der Waals surface area contributed by atoms with E-state index in [1.54, 1.807) is 0 Å². The summed E-state index contributed by atoms with van der Waals surface area (Å²) in [6.07, 6.45) is 1.50. The van der Waals surface area contributed by atoms with E-state index in [9.17, 15) is 4.79 Å². The van der Waals surface area contributed by atoms with Crippen LogP contribution in [0, 0.1) is 5.92 Å². The summed E-state index contributed by atoms with van der Waals surface area (Å²) in [6.45, 7) is 0. The highest BCUT2D eigenvalue weighted by Crippen LogP contribution is 2.28. The molecule has 15 heavy (non-hydrogen) atoms. The van der Waals surface area contributed by atoms with Crippen molar-refractivity contribution in [3.8, 4) is 0 Å². The Labute approximate surface area is 102 Å².